The highest BCUT2D eigenvalue weighted by atomic mass is 19.4. The predicted molar refractivity (Wildman–Crippen MR) is 131 cm³/mol. The van der Waals surface area contributed by atoms with Gasteiger partial charge in [0.15, 0.2) is 0 Å². The first-order chi connectivity index (χ1) is 16.4. The number of methoxy groups -OCH3 is 1. The zero-order valence-corrected chi connectivity index (χ0v) is 20.8. The number of hydrogen-bond donors (Lipinski definition) is 2. The van der Waals surface area contributed by atoms with Crippen LogP contribution in [0.5, 0.6) is 5.75 Å². The summed E-state index contributed by atoms with van der Waals surface area (Å²) in [5, 5.41) is 13.2. The standard InChI is InChI=1S/C27H35F3N2O3/c1-26(2,3)17-32(25(33)34)23-12-10-22(11-13-23)31-16-20-15-19(7-14-24(20)35-4)18-5-8-21(9-6-18)27(28,29)30/h5-9,14-15,22-23,31H,10-13,16-17H2,1-4H3,(H,33,34). The number of halogens is 3. The Hall–Kier alpha value is -2.74. The third kappa shape index (κ3) is 7.37. The van der Waals surface area contributed by atoms with Gasteiger partial charge in [-0.15, -0.1) is 0 Å². The van der Waals surface area contributed by atoms with Crippen molar-refractivity contribution in [2.75, 3.05) is 13.7 Å². The van der Waals surface area contributed by atoms with E-state index >= 15 is 0 Å². The van der Waals surface area contributed by atoms with E-state index in [1.807, 2.05) is 39.0 Å². The molecule has 192 valence electrons. The molecule has 0 atom stereocenters. The molecule has 1 amide bonds. The molecular weight excluding hydrogens is 457 g/mol. The minimum absolute atomic E-state index is 0.0299. The Labute approximate surface area is 205 Å². The summed E-state index contributed by atoms with van der Waals surface area (Å²) in [6.07, 6.45) is -1.85. The number of alkyl halides is 3. The molecule has 2 N–H and O–H groups in total. The molecule has 0 radical (unpaired) electrons. The lowest BCUT2D eigenvalue weighted by Crippen LogP contribution is -2.47. The van der Waals surface area contributed by atoms with Crippen LogP contribution in [0.25, 0.3) is 11.1 Å². The van der Waals surface area contributed by atoms with E-state index in [4.69, 9.17) is 4.74 Å². The number of carboxylic acid groups (broad SMARTS) is 1. The van der Waals surface area contributed by atoms with Gasteiger partial charge in [0.05, 0.1) is 12.7 Å². The normalized spacial score (nSPS) is 18.8. The first-order valence-corrected chi connectivity index (χ1v) is 11.9. The van der Waals surface area contributed by atoms with Crippen LogP contribution in [0.1, 0.15) is 57.6 Å². The fraction of sp³-hybridized carbons (Fsp3) is 0.519. The van der Waals surface area contributed by atoms with Crippen LogP contribution in [-0.2, 0) is 12.7 Å². The number of carbonyl (C=O) groups is 1. The van der Waals surface area contributed by atoms with Crippen molar-refractivity contribution in [3.8, 4) is 16.9 Å². The average molecular weight is 493 g/mol. The molecular formula is C27H35F3N2O3. The third-order valence-electron chi connectivity index (χ3n) is 6.44. The maximum Gasteiger partial charge on any atom is 0.416 e. The van der Waals surface area contributed by atoms with Gasteiger partial charge < -0.3 is 20.1 Å². The fourth-order valence-corrected chi connectivity index (χ4v) is 4.66. The van der Waals surface area contributed by atoms with Gasteiger partial charge in [-0.25, -0.2) is 4.79 Å². The molecule has 35 heavy (non-hydrogen) atoms. The topological polar surface area (TPSA) is 61.8 Å². The minimum Gasteiger partial charge on any atom is -0.496 e. The summed E-state index contributed by atoms with van der Waals surface area (Å²) >= 11 is 0. The molecule has 0 heterocycles. The summed E-state index contributed by atoms with van der Waals surface area (Å²) < 4.78 is 44.2. The first-order valence-electron chi connectivity index (χ1n) is 11.9. The molecule has 0 spiro atoms. The van der Waals surface area contributed by atoms with Crippen LogP contribution in [0.3, 0.4) is 0 Å². The number of ether oxygens (including phenoxy) is 1. The van der Waals surface area contributed by atoms with E-state index in [9.17, 15) is 23.1 Å². The van der Waals surface area contributed by atoms with Gasteiger partial charge in [-0.3, -0.25) is 0 Å². The summed E-state index contributed by atoms with van der Waals surface area (Å²) in [6.45, 7) is 7.20. The number of amides is 1. The van der Waals surface area contributed by atoms with Crippen LogP contribution in [-0.4, -0.2) is 41.8 Å². The Kier molecular flexibility index (Phi) is 8.36. The Morgan fingerprint density at radius 1 is 1.03 bits per heavy atom. The van der Waals surface area contributed by atoms with Gasteiger partial charge in [0.25, 0.3) is 0 Å². The van der Waals surface area contributed by atoms with Gasteiger partial charge >= 0.3 is 12.3 Å². The largest absolute Gasteiger partial charge is 0.496 e. The van der Waals surface area contributed by atoms with Crippen molar-refractivity contribution in [2.24, 2.45) is 5.41 Å². The zero-order chi connectivity index (χ0) is 25.8. The summed E-state index contributed by atoms with van der Waals surface area (Å²) in [7, 11) is 1.59. The number of hydrogen-bond acceptors (Lipinski definition) is 3. The maximum absolute atomic E-state index is 12.9. The molecule has 3 rings (SSSR count). The van der Waals surface area contributed by atoms with Crippen LogP contribution >= 0.6 is 0 Å². The van der Waals surface area contributed by atoms with Crippen molar-refractivity contribution in [3.63, 3.8) is 0 Å². The summed E-state index contributed by atoms with van der Waals surface area (Å²) in [6, 6.07) is 11.0. The van der Waals surface area contributed by atoms with Crippen LogP contribution < -0.4 is 10.1 Å². The lowest BCUT2D eigenvalue weighted by atomic mass is 9.88. The summed E-state index contributed by atoms with van der Waals surface area (Å²) in [5.74, 6) is 0.712. The van der Waals surface area contributed by atoms with Crippen LogP contribution in [0.4, 0.5) is 18.0 Å². The highest BCUT2D eigenvalue weighted by molar-refractivity contribution is 5.66. The monoisotopic (exact) mass is 492 g/mol. The van der Waals surface area contributed by atoms with Crippen LogP contribution in [0.2, 0.25) is 0 Å². The molecule has 8 heteroatoms. The lowest BCUT2D eigenvalue weighted by molar-refractivity contribution is -0.137. The number of nitrogens with zero attached hydrogens (tertiary/aromatic N) is 1. The van der Waals surface area contributed by atoms with E-state index in [1.165, 1.54) is 12.1 Å². The second-order valence-corrected chi connectivity index (χ2v) is 10.5. The van der Waals surface area contributed by atoms with E-state index in [0.29, 0.717) is 24.4 Å². The second kappa shape index (κ2) is 10.9. The Morgan fingerprint density at radius 3 is 2.14 bits per heavy atom. The summed E-state index contributed by atoms with van der Waals surface area (Å²) in [4.78, 5) is 13.4. The van der Waals surface area contributed by atoms with Gasteiger partial charge in [-0.2, -0.15) is 13.2 Å². The predicted octanol–water partition coefficient (Wildman–Crippen LogP) is 6.81. The van der Waals surface area contributed by atoms with Crippen molar-refractivity contribution in [1.29, 1.82) is 0 Å². The van der Waals surface area contributed by atoms with Gasteiger partial charge in [0, 0.05) is 30.7 Å². The second-order valence-electron chi connectivity index (χ2n) is 10.5. The molecule has 0 aromatic heterocycles. The number of benzene rings is 2. The van der Waals surface area contributed by atoms with Gasteiger partial charge in [-0.05, 0) is 66.5 Å². The molecule has 1 fully saturated rings. The molecule has 1 aliphatic rings. The van der Waals surface area contributed by atoms with Crippen molar-refractivity contribution < 1.29 is 27.8 Å². The van der Waals surface area contributed by atoms with Crippen molar-refractivity contribution >= 4 is 6.09 Å². The molecule has 0 bridgehead atoms. The third-order valence-corrected chi connectivity index (χ3v) is 6.44. The number of rotatable bonds is 7. The molecule has 2 aromatic rings. The van der Waals surface area contributed by atoms with Crippen molar-refractivity contribution in [3.05, 3.63) is 53.6 Å². The highest BCUT2D eigenvalue weighted by Crippen LogP contribution is 2.33. The highest BCUT2D eigenvalue weighted by Gasteiger charge is 2.32. The van der Waals surface area contributed by atoms with Crippen LogP contribution in [0, 0.1) is 5.41 Å². The van der Waals surface area contributed by atoms with E-state index < -0.39 is 17.8 Å². The SMILES string of the molecule is COc1ccc(-c2ccc(C(F)(F)F)cc2)cc1CNC1CCC(N(CC(C)(C)C)C(=O)O)CC1. The van der Waals surface area contributed by atoms with E-state index in [2.05, 4.69) is 5.32 Å². The lowest BCUT2D eigenvalue weighted by Gasteiger charge is -2.38. The fourth-order valence-electron chi connectivity index (χ4n) is 4.66. The molecule has 5 nitrogen and oxygen atoms in total. The quantitative estimate of drug-likeness (QED) is 0.446. The van der Waals surface area contributed by atoms with E-state index in [-0.39, 0.29) is 17.5 Å². The van der Waals surface area contributed by atoms with Crippen LogP contribution in [0.15, 0.2) is 42.5 Å². The molecule has 2 aromatic carbocycles. The molecule has 0 aliphatic heterocycles. The average Bonchev–Trinajstić information content (AvgIpc) is 2.80. The minimum atomic E-state index is -4.36. The van der Waals surface area contributed by atoms with Gasteiger partial charge in [0.2, 0.25) is 0 Å². The Bertz CT molecular complexity index is 992. The van der Waals surface area contributed by atoms with E-state index in [1.54, 1.807) is 12.0 Å². The van der Waals surface area contributed by atoms with E-state index in [0.717, 1.165) is 48.9 Å². The number of nitrogens with one attached hydrogen (secondary N) is 1. The smallest absolute Gasteiger partial charge is 0.416 e. The molecule has 1 aliphatic carbocycles. The van der Waals surface area contributed by atoms with Crippen molar-refractivity contribution in [2.45, 2.75) is 71.3 Å². The summed E-state index contributed by atoms with van der Waals surface area (Å²) in [5.41, 5.74) is 1.68. The molecule has 0 saturated heterocycles. The van der Waals surface area contributed by atoms with Gasteiger partial charge in [0.1, 0.15) is 5.75 Å². The van der Waals surface area contributed by atoms with Crippen molar-refractivity contribution in [1.82, 2.24) is 10.2 Å². The Morgan fingerprint density at radius 2 is 1.63 bits per heavy atom. The first kappa shape index (κ1) is 26.9. The molecule has 1 saturated carbocycles. The van der Waals surface area contributed by atoms with Gasteiger partial charge in [-0.1, -0.05) is 39.0 Å². The maximum atomic E-state index is 12.9. The molecule has 0 unspecified atom stereocenters. The Balaban J connectivity index is 1.63. The zero-order valence-electron chi connectivity index (χ0n) is 20.8.